The number of carbonyl (C=O) groups excluding carboxylic acids is 1. The lowest BCUT2D eigenvalue weighted by Gasteiger charge is -2.08. The third-order valence-electron chi connectivity index (χ3n) is 3.95. The highest BCUT2D eigenvalue weighted by Crippen LogP contribution is 2.26. The van der Waals surface area contributed by atoms with Gasteiger partial charge in [0.1, 0.15) is 22.3 Å². The molecule has 1 N–H and O–H groups in total. The Hall–Kier alpha value is -3.31. The van der Waals surface area contributed by atoms with Crippen LogP contribution in [-0.2, 0) is 14.9 Å². The number of hydrogen-bond donors (Lipinski definition) is 1. The fourth-order valence-corrected chi connectivity index (χ4v) is 3.80. The van der Waals surface area contributed by atoms with Crippen molar-refractivity contribution in [3.8, 4) is 11.8 Å². The molecule has 0 unspecified atom stereocenters. The number of amides is 1. The maximum absolute atomic E-state index is 12.5. The Kier molecular flexibility index (Phi) is 6.98. The van der Waals surface area contributed by atoms with Gasteiger partial charge in [-0.1, -0.05) is 53.5 Å². The topological polar surface area (TPSA) is 96.3 Å². The summed E-state index contributed by atoms with van der Waals surface area (Å²) in [7, 11) is -4.02. The van der Waals surface area contributed by atoms with Crippen molar-refractivity contribution < 1.29 is 17.4 Å². The summed E-state index contributed by atoms with van der Waals surface area (Å²) in [5, 5.41) is 12.6. The van der Waals surface area contributed by atoms with E-state index in [1.54, 1.807) is 36.4 Å². The van der Waals surface area contributed by atoms with E-state index in [0.717, 1.165) is 0 Å². The molecule has 0 saturated heterocycles. The fourth-order valence-electron chi connectivity index (χ4n) is 2.52. The molecule has 0 heterocycles. The Morgan fingerprint density at radius 3 is 2.45 bits per heavy atom. The number of carbonyl (C=O) groups is 1. The summed E-state index contributed by atoms with van der Waals surface area (Å²) in [5.41, 5.74) is 0.426. The van der Waals surface area contributed by atoms with Crippen LogP contribution in [0.1, 0.15) is 5.56 Å². The SMILES string of the molecule is N#C/C(=C\c1cccc(OS(=O)(=O)c2ccccc2)c1)C(=O)Nc1cc(Cl)ccc1Cl. The Labute approximate surface area is 189 Å². The average molecular weight is 473 g/mol. The molecule has 1 amide bonds. The molecule has 0 radical (unpaired) electrons. The van der Waals surface area contributed by atoms with Gasteiger partial charge in [0.25, 0.3) is 5.91 Å². The van der Waals surface area contributed by atoms with Gasteiger partial charge in [0.2, 0.25) is 0 Å². The minimum absolute atomic E-state index is 0.00596. The predicted molar refractivity (Wildman–Crippen MR) is 119 cm³/mol. The molecule has 0 spiro atoms. The van der Waals surface area contributed by atoms with E-state index < -0.39 is 16.0 Å². The second-order valence-electron chi connectivity index (χ2n) is 6.17. The molecule has 3 aromatic rings. The molecule has 0 aliphatic carbocycles. The van der Waals surface area contributed by atoms with Crippen LogP contribution >= 0.6 is 23.2 Å². The zero-order chi connectivity index (χ0) is 22.4. The molecule has 0 bridgehead atoms. The van der Waals surface area contributed by atoms with E-state index in [1.807, 2.05) is 6.07 Å². The number of nitrogens with zero attached hydrogens (tertiary/aromatic N) is 1. The van der Waals surface area contributed by atoms with E-state index in [0.29, 0.717) is 10.6 Å². The average Bonchev–Trinajstić information content (AvgIpc) is 2.75. The molecule has 3 aromatic carbocycles. The summed E-state index contributed by atoms with van der Waals surface area (Å²) in [6.07, 6.45) is 1.30. The Morgan fingerprint density at radius 2 is 1.74 bits per heavy atom. The number of nitrogens with one attached hydrogen (secondary N) is 1. The molecule has 3 rings (SSSR count). The van der Waals surface area contributed by atoms with Crippen molar-refractivity contribution in [2.45, 2.75) is 4.90 Å². The largest absolute Gasteiger partial charge is 0.379 e. The van der Waals surface area contributed by atoms with Gasteiger partial charge in [0.15, 0.2) is 0 Å². The minimum Gasteiger partial charge on any atom is -0.379 e. The molecule has 9 heteroatoms. The van der Waals surface area contributed by atoms with Crippen LogP contribution in [0.2, 0.25) is 10.0 Å². The maximum Gasteiger partial charge on any atom is 0.339 e. The number of rotatable bonds is 6. The standard InChI is InChI=1S/C22H14Cl2N2O4S/c23-17-9-10-20(24)21(13-17)26-22(27)16(14-25)11-15-5-4-6-18(12-15)30-31(28,29)19-7-2-1-3-8-19/h1-13H,(H,26,27)/b16-11+. The summed E-state index contributed by atoms with van der Waals surface area (Å²) in [6.45, 7) is 0. The lowest BCUT2D eigenvalue weighted by Crippen LogP contribution is -2.13. The molecule has 0 atom stereocenters. The lowest BCUT2D eigenvalue weighted by molar-refractivity contribution is -0.112. The number of hydrogen-bond acceptors (Lipinski definition) is 5. The molecular formula is C22H14Cl2N2O4S. The first-order chi connectivity index (χ1) is 14.8. The van der Waals surface area contributed by atoms with Gasteiger partial charge in [0.05, 0.1) is 10.7 Å². The van der Waals surface area contributed by atoms with Gasteiger partial charge in [-0.05, 0) is 54.1 Å². The smallest absolute Gasteiger partial charge is 0.339 e. The van der Waals surface area contributed by atoms with Crippen molar-refractivity contribution in [3.63, 3.8) is 0 Å². The lowest BCUT2D eigenvalue weighted by atomic mass is 10.1. The predicted octanol–water partition coefficient (Wildman–Crippen LogP) is 5.31. The number of nitriles is 1. The van der Waals surface area contributed by atoms with Crippen LogP contribution in [0.3, 0.4) is 0 Å². The van der Waals surface area contributed by atoms with Crippen molar-refractivity contribution in [3.05, 3.63) is 94.0 Å². The van der Waals surface area contributed by atoms with E-state index in [1.165, 1.54) is 42.5 Å². The van der Waals surface area contributed by atoms with E-state index >= 15 is 0 Å². The zero-order valence-corrected chi connectivity index (χ0v) is 18.1. The normalized spacial score (nSPS) is 11.5. The van der Waals surface area contributed by atoms with Gasteiger partial charge in [0, 0.05) is 5.02 Å². The van der Waals surface area contributed by atoms with Gasteiger partial charge in [-0.3, -0.25) is 4.79 Å². The van der Waals surface area contributed by atoms with Gasteiger partial charge >= 0.3 is 10.1 Å². The first-order valence-corrected chi connectivity index (χ1v) is 10.9. The van der Waals surface area contributed by atoms with Crippen molar-refractivity contribution in [2.24, 2.45) is 0 Å². The molecule has 0 aromatic heterocycles. The van der Waals surface area contributed by atoms with Crippen molar-refractivity contribution >= 4 is 51.0 Å². The van der Waals surface area contributed by atoms with Gasteiger partial charge in [-0.25, -0.2) is 0 Å². The molecule has 156 valence electrons. The van der Waals surface area contributed by atoms with Crippen molar-refractivity contribution in [1.82, 2.24) is 0 Å². The van der Waals surface area contributed by atoms with Crippen molar-refractivity contribution in [1.29, 1.82) is 5.26 Å². The first kappa shape index (κ1) is 22.4. The molecular weight excluding hydrogens is 459 g/mol. The second kappa shape index (κ2) is 9.67. The summed E-state index contributed by atoms with van der Waals surface area (Å²) >= 11 is 11.9. The number of halogens is 2. The molecule has 0 aliphatic heterocycles. The van der Waals surface area contributed by atoms with E-state index in [2.05, 4.69) is 5.32 Å². The third-order valence-corrected chi connectivity index (χ3v) is 5.77. The molecule has 31 heavy (non-hydrogen) atoms. The molecule has 0 saturated carbocycles. The highest BCUT2D eigenvalue weighted by atomic mass is 35.5. The van der Waals surface area contributed by atoms with Crippen LogP contribution in [0.4, 0.5) is 5.69 Å². The quantitative estimate of drug-likeness (QED) is 0.298. The van der Waals surface area contributed by atoms with Gasteiger partial charge in [-0.15, -0.1) is 0 Å². The van der Waals surface area contributed by atoms with Gasteiger partial charge in [-0.2, -0.15) is 13.7 Å². The van der Waals surface area contributed by atoms with Crippen LogP contribution < -0.4 is 9.50 Å². The summed E-state index contributed by atoms with van der Waals surface area (Å²) in [5.74, 6) is -0.664. The Balaban J connectivity index is 1.83. The van der Waals surface area contributed by atoms with Crippen LogP contribution in [0.25, 0.3) is 6.08 Å². The van der Waals surface area contributed by atoms with Crippen molar-refractivity contribution in [2.75, 3.05) is 5.32 Å². The van der Waals surface area contributed by atoms with Crippen LogP contribution in [0.15, 0.2) is 83.3 Å². The van der Waals surface area contributed by atoms with E-state index in [-0.39, 0.29) is 26.9 Å². The fraction of sp³-hybridized carbons (Fsp3) is 0. The number of anilines is 1. The molecule has 0 aliphatic rings. The Morgan fingerprint density at radius 1 is 1.00 bits per heavy atom. The summed E-state index contributed by atoms with van der Waals surface area (Å²) in [4.78, 5) is 12.5. The van der Waals surface area contributed by atoms with Crippen LogP contribution in [0.5, 0.6) is 5.75 Å². The summed E-state index contributed by atoms with van der Waals surface area (Å²) in [6, 6.07) is 20.0. The maximum atomic E-state index is 12.5. The van der Waals surface area contributed by atoms with E-state index in [4.69, 9.17) is 27.4 Å². The Bertz CT molecular complexity index is 1300. The molecule has 0 fully saturated rings. The summed E-state index contributed by atoms with van der Waals surface area (Å²) < 4.78 is 29.9. The third kappa shape index (κ3) is 5.86. The first-order valence-electron chi connectivity index (χ1n) is 8.76. The highest BCUT2D eigenvalue weighted by molar-refractivity contribution is 7.87. The van der Waals surface area contributed by atoms with Crippen LogP contribution in [0, 0.1) is 11.3 Å². The molecule has 6 nitrogen and oxygen atoms in total. The van der Waals surface area contributed by atoms with E-state index in [9.17, 15) is 18.5 Å². The monoisotopic (exact) mass is 472 g/mol. The van der Waals surface area contributed by atoms with Gasteiger partial charge < -0.3 is 9.50 Å². The van der Waals surface area contributed by atoms with Crippen LogP contribution in [-0.4, -0.2) is 14.3 Å². The minimum atomic E-state index is -4.02. The zero-order valence-electron chi connectivity index (χ0n) is 15.7. The highest BCUT2D eigenvalue weighted by Gasteiger charge is 2.16. The number of benzene rings is 3. The second-order valence-corrected chi connectivity index (χ2v) is 8.56.